The molecule has 8 heteroatoms. The van der Waals surface area contributed by atoms with Crippen LogP contribution in [0.1, 0.15) is 15.9 Å². The smallest absolute Gasteiger partial charge is 0.345 e. The Morgan fingerprint density at radius 2 is 1.96 bits per heavy atom. The molecule has 0 amide bonds. The summed E-state index contributed by atoms with van der Waals surface area (Å²) >= 11 is 3.30. The summed E-state index contributed by atoms with van der Waals surface area (Å²) in [6.07, 6.45) is 0. The first-order valence-corrected chi connectivity index (χ1v) is 8.10. The summed E-state index contributed by atoms with van der Waals surface area (Å²) in [5.74, 6) is -0.797. The van der Waals surface area contributed by atoms with Crippen molar-refractivity contribution in [3.63, 3.8) is 0 Å². The number of anilines is 2. The molecule has 0 atom stereocenters. The lowest BCUT2D eigenvalue weighted by molar-refractivity contribution is 0.0600. The zero-order valence-electron chi connectivity index (χ0n) is 13.5. The SMILES string of the molecule is COC(=O)c1c(N)c2ccc(Br)nc2n(-c2ccc(N)cc2C)c1=O. The quantitative estimate of drug-likeness (QED) is 0.386. The highest BCUT2D eigenvalue weighted by atomic mass is 79.9. The Morgan fingerprint density at radius 3 is 2.60 bits per heavy atom. The molecular formula is C17H15BrN4O3. The van der Waals surface area contributed by atoms with Crippen molar-refractivity contribution < 1.29 is 9.53 Å². The maximum absolute atomic E-state index is 13.0. The first kappa shape index (κ1) is 17.0. The third-order valence-corrected chi connectivity index (χ3v) is 4.32. The van der Waals surface area contributed by atoms with Gasteiger partial charge in [-0.05, 0) is 58.7 Å². The van der Waals surface area contributed by atoms with Crippen LogP contribution in [-0.4, -0.2) is 22.6 Å². The van der Waals surface area contributed by atoms with Gasteiger partial charge in [0, 0.05) is 11.1 Å². The summed E-state index contributed by atoms with van der Waals surface area (Å²) in [4.78, 5) is 29.6. The number of carbonyl (C=O) groups excluding carboxylic acids is 1. The van der Waals surface area contributed by atoms with Crippen molar-refractivity contribution in [3.05, 3.63) is 56.4 Å². The van der Waals surface area contributed by atoms with E-state index in [1.54, 1.807) is 30.3 Å². The first-order chi connectivity index (χ1) is 11.8. The molecule has 1 aromatic carbocycles. The van der Waals surface area contributed by atoms with Gasteiger partial charge in [-0.25, -0.2) is 9.78 Å². The number of ether oxygens (including phenoxy) is 1. The van der Waals surface area contributed by atoms with E-state index in [1.165, 1.54) is 11.7 Å². The summed E-state index contributed by atoms with van der Waals surface area (Å²) in [7, 11) is 1.20. The lowest BCUT2D eigenvalue weighted by Crippen LogP contribution is -2.29. The van der Waals surface area contributed by atoms with Crippen LogP contribution in [0.15, 0.2) is 39.7 Å². The zero-order valence-corrected chi connectivity index (χ0v) is 15.1. The number of hydrogen-bond acceptors (Lipinski definition) is 6. The number of nitrogen functional groups attached to an aromatic ring is 2. The second-order valence-electron chi connectivity index (χ2n) is 5.47. The molecule has 0 aliphatic carbocycles. The van der Waals surface area contributed by atoms with Crippen molar-refractivity contribution >= 4 is 44.3 Å². The minimum absolute atomic E-state index is 0.0381. The lowest BCUT2D eigenvalue weighted by atomic mass is 10.1. The summed E-state index contributed by atoms with van der Waals surface area (Å²) < 4.78 is 6.61. The number of hydrogen-bond donors (Lipinski definition) is 2. The average molecular weight is 403 g/mol. The fourth-order valence-electron chi connectivity index (χ4n) is 2.72. The summed E-state index contributed by atoms with van der Waals surface area (Å²) in [5, 5.41) is 0.472. The minimum atomic E-state index is -0.797. The van der Waals surface area contributed by atoms with Crippen LogP contribution in [0, 0.1) is 6.92 Å². The molecule has 3 aromatic rings. The van der Waals surface area contributed by atoms with Gasteiger partial charge in [-0.3, -0.25) is 9.36 Å². The van der Waals surface area contributed by atoms with E-state index in [9.17, 15) is 9.59 Å². The van der Waals surface area contributed by atoms with Gasteiger partial charge in [-0.15, -0.1) is 0 Å². The monoisotopic (exact) mass is 402 g/mol. The van der Waals surface area contributed by atoms with Crippen LogP contribution in [0.2, 0.25) is 0 Å². The van der Waals surface area contributed by atoms with Crippen LogP contribution in [0.5, 0.6) is 0 Å². The molecule has 2 heterocycles. The van der Waals surface area contributed by atoms with Crippen LogP contribution >= 0.6 is 15.9 Å². The van der Waals surface area contributed by atoms with Gasteiger partial charge in [0.15, 0.2) is 5.65 Å². The number of halogens is 1. The zero-order chi connectivity index (χ0) is 18.3. The number of methoxy groups -OCH3 is 1. The fraction of sp³-hybridized carbons (Fsp3) is 0.118. The Balaban J connectivity index is 2.54. The van der Waals surface area contributed by atoms with Crippen molar-refractivity contribution in [2.45, 2.75) is 6.92 Å². The standard InChI is InChI=1S/C17H15BrN4O3/c1-8-7-9(19)3-5-11(8)22-15-10(4-6-12(18)21-15)14(20)13(16(22)23)17(24)25-2/h3-7H,19-20H2,1-2H3. The van der Waals surface area contributed by atoms with E-state index in [0.29, 0.717) is 27.0 Å². The molecule has 2 aromatic heterocycles. The Hall–Kier alpha value is -2.87. The van der Waals surface area contributed by atoms with Crippen LogP contribution in [0.25, 0.3) is 16.7 Å². The van der Waals surface area contributed by atoms with Gasteiger partial charge in [0.25, 0.3) is 5.56 Å². The maximum Gasteiger partial charge on any atom is 0.345 e. The number of pyridine rings is 2. The highest BCUT2D eigenvalue weighted by molar-refractivity contribution is 9.10. The van der Waals surface area contributed by atoms with Crippen LogP contribution in [0.3, 0.4) is 0 Å². The fourth-order valence-corrected chi connectivity index (χ4v) is 3.02. The number of carbonyl (C=O) groups is 1. The number of rotatable bonds is 2. The van der Waals surface area contributed by atoms with E-state index < -0.39 is 11.5 Å². The van der Waals surface area contributed by atoms with Crippen LogP contribution < -0.4 is 17.0 Å². The number of nitrogens with zero attached hydrogens (tertiary/aromatic N) is 2. The molecule has 0 saturated carbocycles. The minimum Gasteiger partial charge on any atom is -0.465 e. The molecule has 0 aliphatic heterocycles. The highest BCUT2D eigenvalue weighted by Crippen LogP contribution is 2.27. The van der Waals surface area contributed by atoms with Gasteiger partial charge in [-0.1, -0.05) is 0 Å². The molecule has 4 N–H and O–H groups in total. The summed E-state index contributed by atoms with van der Waals surface area (Å²) in [6, 6.07) is 8.49. The van der Waals surface area contributed by atoms with E-state index in [1.807, 2.05) is 6.92 Å². The van der Waals surface area contributed by atoms with Crippen molar-refractivity contribution in [1.29, 1.82) is 0 Å². The molecule has 128 valence electrons. The molecule has 0 aliphatic rings. The molecule has 3 rings (SSSR count). The predicted molar refractivity (Wildman–Crippen MR) is 99.9 cm³/mol. The molecule has 25 heavy (non-hydrogen) atoms. The summed E-state index contributed by atoms with van der Waals surface area (Å²) in [5.41, 5.74) is 13.3. The highest BCUT2D eigenvalue weighted by Gasteiger charge is 2.23. The van der Waals surface area contributed by atoms with Gasteiger partial charge >= 0.3 is 5.97 Å². The molecule has 7 nitrogen and oxygen atoms in total. The van der Waals surface area contributed by atoms with Crippen LogP contribution in [0.4, 0.5) is 11.4 Å². The second-order valence-corrected chi connectivity index (χ2v) is 6.28. The van der Waals surface area contributed by atoms with E-state index >= 15 is 0 Å². The van der Waals surface area contributed by atoms with E-state index in [2.05, 4.69) is 20.9 Å². The van der Waals surface area contributed by atoms with Gasteiger partial charge in [0.2, 0.25) is 0 Å². The maximum atomic E-state index is 13.0. The topological polar surface area (TPSA) is 113 Å². The molecule has 0 unspecified atom stereocenters. The first-order valence-electron chi connectivity index (χ1n) is 7.30. The number of aromatic nitrogens is 2. The van der Waals surface area contributed by atoms with Crippen molar-refractivity contribution in [3.8, 4) is 5.69 Å². The second kappa shape index (κ2) is 6.21. The average Bonchev–Trinajstić information content (AvgIpc) is 2.56. The number of fused-ring (bicyclic) bond motifs is 1. The van der Waals surface area contributed by atoms with Gasteiger partial charge in [0.1, 0.15) is 10.2 Å². The number of nitrogens with two attached hydrogens (primary N) is 2. The molecule has 0 radical (unpaired) electrons. The predicted octanol–water partition coefficient (Wildman–Crippen LogP) is 2.41. The third-order valence-electron chi connectivity index (χ3n) is 3.88. The Labute approximate surface area is 151 Å². The van der Waals surface area contributed by atoms with Crippen molar-refractivity contribution in [2.24, 2.45) is 0 Å². The Kier molecular flexibility index (Phi) is 4.22. The Bertz CT molecular complexity index is 1080. The number of esters is 1. The largest absolute Gasteiger partial charge is 0.465 e. The van der Waals surface area contributed by atoms with E-state index in [0.717, 1.165) is 5.56 Å². The lowest BCUT2D eigenvalue weighted by Gasteiger charge is -2.16. The van der Waals surface area contributed by atoms with Crippen molar-refractivity contribution in [1.82, 2.24) is 9.55 Å². The number of benzene rings is 1. The van der Waals surface area contributed by atoms with Gasteiger partial charge < -0.3 is 16.2 Å². The Morgan fingerprint density at radius 1 is 1.24 bits per heavy atom. The van der Waals surface area contributed by atoms with E-state index in [-0.39, 0.29) is 11.3 Å². The number of aryl methyl sites for hydroxylation is 1. The molecule has 0 spiro atoms. The third kappa shape index (κ3) is 2.74. The van der Waals surface area contributed by atoms with Crippen LogP contribution in [-0.2, 0) is 4.74 Å². The van der Waals surface area contributed by atoms with Gasteiger partial charge in [0.05, 0.1) is 18.5 Å². The molecule has 0 fully saturated rings. The molecule has 0 bridgehead atoms. The molecule has 0 saturated heterocycles. The van der Waals surface area contributed by atoms with Crippen molar-refractivity contribution in [2.75, 3.05) is 18.6 Å². The van der Waals surface area contributed by atoms with Gasteiger partial charge in [-0.2, -0.15) is 0 Å². The summed E-state index contributed by atoms with van der Waals surface area (Å²) in [6.45, 7) is 1.82. The van der Waals surface area contributed by atoms with E-state index in [4.69, 9.17) is 16.2 Å². The normalized spacial score (nSPS) is 10.8. The molecular weight excluding hydrogens is 388 g/mol.